The highest BCUT2D eigenvalue weighted by atomic mass is 32.1. The summed E-state index contributed by atoms with van der Waals surface area (Å²) in [6.07, 6.45) is 0. The number of benzene rings is 2. The van der Waals surface area contributed by atoms with Crippen LogP contribution < -0.4 is 5.32 Å². The zero-order valence-corrected chi connectivity index (χ0v) is 12.4. The molecule has 0 unspecified atom stereocenters. The van der Waals surface area contributed by atoms with Crippen molar-refractivity contribution in [2.24, 2.45) is 0 Å². The molecule has 0 aliphatic carbocycles. The Kier molecular flexibility index (Phi) is 3.43. The lowest BCUT2D eigenvalue weighted by Crippen LogP contribution is -2.12. The van der Waals surface area contributed by atoms with E-state index in [0.29, 0.717) is 10.7 Å². The molecule has 0 atom stereocenters. The molecule has 3 aromatic rings. The van der Waals surface area contributed by atoms with Crippen molar-refractivity contribution in [1.29, 1.82) is 0 Å². The molecule has 5 heteroatoms. The molecule has 0 aliphatic rings. The lowest BCUT2D eigenvalue weighted by molar-refractivity contribution is 0.102. The Morgan fingerprint density at radius 3 is 2.76 bits per heavy atom. The summed E-state index contributed by atoms with van der Waals surface area (Å²) < 4.78 is 14.5. The first-order valence-electron chi connectivity index (χ1n) is 6.47. The average Bonchev–Trinajstić information content (AvgIpc) is 2.83. The van der Waals surface area contributed by atoms with Gasteiger partial charge in [-0.05, 0) is 49.2 Å². The SMILES string of the molecule is Cc1ccc2nc(NC(=O)c3ccc(C)c(F)c3)sc2c1. The number of anilines is 1. The lowest BCUT2D eigenvalue weighted by atomic mass is 10.1. The van der Waals surface area contributed by atoms with Gasteiger partial charge in [-0.25, -0.2) is 9.37 Å². The van der Waals surface area contributed by atoms with Gasteiger partial charge in [0.05, 0.1) is 10.2 Å². The van der Waals surface area contributed by atoms with Crippen molar-refractivity contribution in [2.75, 3.05) is 5.32 Å². The van der Waals surface area contributed by atoms with Gasteiger partial charge in [-0.15, -0.1) is 0 Å². The fourth-order valence-corrected chi connectivity index (χ4v) is 2.95. The van der Waals surface area contributed by atoms with Crippen LogP contribution in [-0.4, -0.2) is 10.9 Å². The molecule has 1 amide bonds. The number of hydrogen-bond acceptors (Lipinski definition) is 3. The average molecular weight is 300 g/mol. The van der Waals surface area contributed by atoms with E-state index >= 15 is 0 Å². The van der Waals surface area contributed by atoms with Gasteiger partial charge in [0.15, 0.2) is 5.13 Å². The Morgan fingerprint density at radius 2 is 2.00 bits per heavy atom. The highest BCUT2D eigenvalue weighted by Gasteiger charge is 2.11. The molecule has 0 saturated carbocycles. The predicted molar refractivity (Wildman–Crippen MR) is 83.4 cm³/mol. The van der Waals surface area contributed by atoms with E-state index in [1.165, 1.54) is 17.4 Å². The largest absolute Gasteiger partial charge is 0.298 e. The maximum atomic E-state index is 13.5. The molecular weight excluding hydrogens is 287 g/mol. The predicted octanol–water partition coefficient (Wildman–Crippen LogP) is 4.30. The quantitative estimate of drug-likeness (QED) is 0.766. The Labute approximate surface area is 125 Å². The Balaban J connectivity index is 1.87. The van der Waals surface area contributed by atoms with Gasteiger partial charge in [-0.2, -0.15) is 0 Å². The van der Waals surface area contributed by atoms with E-state index < -0.39 is 0 Å². The van der Waals surface area contributed by atoms with Crippen LogP contribution in [0.25, 0.3) is 10.2 Å². The lowest BCUT2D eigenvalue weighted by Gasteiger charge is -2.03. The molecule has 0 radical (unpaired) electrons. The minimum absolute atomic E-state index is 0.286. The summed E-state index contributed by atoms with van der Waals surface area (Å²) in [4.78, 5) is 16.5. The van der Waals surface area contributed by atoms with Crippen LogP contribution in [0.15, 0.2) is 36.4 Å². The van der Waals surface area contributed by atoms with Gasteiger partial charge in [0, 0.05) is 5.56 Å². The van der Waals surface area contributed by atoms with Crippen LogP contribution in [0, 0.1) is 19.7 Å². The van der Waals surface area contributed by atoms with E-state index in [1.54, 1.807) is 19.1 Å². The van der Waals surface area contributed by atoms with Crippen molar-refractivity contribution >= 4 is 32.6 Å². The third-order valence-corrected chi connectivity index (χ3v) is 4.13. The molecule has 3 nitrogen and oxygen atoms in total. The summed E-state index contributed by atoms with van der Waals surface area (Å²) >= 11 is 1.40. The van der Waals surface area contributed by atoms with Gasteiger partial charge < -0.3 is 0 Å². The molecule has 0 aliphatic heterocycles. The number of nitrogens with zero attached hydrogens (tertiary/aromatic N) is 1. The monoisotopic (exact) mass is 300 g/mol. The van der Waals surface area contributed by atoms with Crippen LogP contribution in [0.5, 0.6) is 0 Å². The zero-order valence-electron chi connectivity index (χ0n) is 11.6. The summed E-state index contributed by atoms with van der Waals surface area (Å²) in [5.74, 6) is -0.743. The fourth-order valence-electron chi connectivity index (χ4n) is 1.99. The van der Waals surface area contributed by atoms with Gasteiger partial charge in [0.1, 0.15) is 5.82 Å². The Morgan fingerprint density at radius 1 is 1.19 bits per heavy atom. The number of aromatic nitrogens is 1. The standard InChI is InChI=1S/C16H13FN2OS/c1-9-3-6-13-14(7-9)21-16(18-13)19-15(20)11-5-4-10(2)12(17)8-11/h3-8H,1-2H3,(H,18,19,20). The molecular formula is C16H13FN2OS. The summed E-state index contributed by atoms with van der Waals surface area (Å²) in [6.45, 7) is 3.67. The Hall–Kier alpha value is -2.27. The molecule has 2 aromatic carbocycles. The minimum atomic E-state index is -0.387. The third-order valence-electron chi connectivity index (χ3n) is 3.20. The normalized spacial score (nSPS) is 10.8. The van der Waals surface area contributed by atoms with Gasteiger partial charge in [-0.3, -0.25) is 10.1 Å². The molecule has 0 fully saturated rings. The van der Waals surface area contributed by atoms with Crippen molar-refractivity contribution in [3.63, 3.8) is 0 Å². The molecule has 106 valence electrons. The van der Waals surface area contributed by atoms with Gasteiger partial charge in [0.25, 0.3) is 5.91 Å². The molecule has 1 N–H and O–H groups in total. The maximum absolute atomic E-state index is 13.5. The van der Waals surface area contributed by atoms with Crippen LogP contribution in [0.1, 0.15) is 21.5 Å². The topological polar surface area (TPSA) is 42.0 Å². The molecule has 21 heavy (non-hydrogen) atoms. The molecule has 0 saturated heterocycles. The van der Waals surface area contributed by atoms with E-state index in [4.69, 9.17) is 0 Å². The van der Waals surface area contributed by atoms with Crippen LogP contribution in [0.4, 0.5) is 9.52 Å². The number of hydrogen-bond donors (Lipinski definition) is 1. The third kappa shape index (κ3) is 2.78. The van der Waals surface area contributed by atoms with Crippen molar-refractivity contribution in [3.05, 3.63) is 58.9 Å². The zero-order chi connectivity index (χ0) is 15.0. The number of rotatable bonds is 2. The van der Waals surface area contributed by atoms with Gasteiger partial charge in [-0.1, -0.05) is 23.5 Å². The van der Waals surface area contributed by atoms with Crippen LogP contribution in [0.3, 0.4) is 0 Å². The Bertz CT molecular complexity index is 841. The number of nitrogens with one attached hydrogen (secondary N) is 1. The molecule has 1 aromatic heterocycles. The number of fused-ring (bicyclic) bond motifs is 1. The van der Waals surface area contributed by atoms with Gasteiger partial charge >= 0.3 is 0 Å². The minimum Gasteiger partial charge on any atom is -0.298 e. The second kappa shape index (κ2) is 5.26. The molecule has 0 bridgehead atoms. The molecule has 1 heterocycles. The molecule has 3 rings (SSSR count). The van der Waals surface area contributed by atoms with Crippen LogP contribution >= 0.6 is 11.3 Å². The van der Waals surface area contributed by atoms with Crippen molar-refractivity contribution in [1.82, 2.24) is 4.98 Å². The first kappa shape index (κ1) is 13.7. The highest BCUT2D eigenvalue weighted by Crippen LogP contribution is 2.27. The first-order valence-corrected chi connectivity index (χ1v) is 7.29. The van der Waals surface area contributed by atoms with Crippen molar-refractivity contribution in [3.8, 4) is 0 Å². The second-order valence-corrected chi connectivity index (χ2v) is 5.94. The number of aryl methyl sites for hydroxylation is 2. The summed E-state index contributed by atoms with van der Waals surface area (Å²) in [5.41, 5.74) is 2.79. The van der Waals surface area contributed by atoms with E-state index in [-0.39, 0.29) is 17.3 Å². The van der Waals surface area contributed by atoms with Gasteiger partial charge in [0.2, 0.25) is 0 Å². The number of thiazole rings is 1. The van der Waals surface area contributed by atoms with Crippen molar-refractivity contribution in [2.45, 2.75) is 13.8 Å². The van der Waals surface area contributed by atoms with Crippen LogP contribution in [-0.2, 0) is 0 Å². The van der Waals surface area contributed by atoms with Crippen LogP contribution in [0.2, 0.25) is 0 Å². The summed E-state index contributed by atoms with van der Waals surface area (Å²) in [5, 5.41) is 3.23. The highest BCUT2D eigenvalue weighted by molar-refractivity contribution is 7.22. The second-order valence-electron chi connectivity index (χ2n) is 4.91. The number of amides is 1. The van der Waals surface area contributed by atoms with E-state index in [0.717, 1.165) is 15.8 Å². The first-order chi connectivity index (χ1) is 10.0. The number of carbonyl (C=O) groups excluding carboxylic acids is 1. The fraction of sp³-hybridized carbons (Fsp3) is 0.125. The van der Waals surface area contributed by atoms with E-state index in [2.05, 4.69) is 10.3 Å². The summed E-state index contributed by atoms with van der Waals surface area (Å²) in [7, 11) is 0. The number of halogens is 1. The van der Waals surface area contributed by atoms with Crippen molar-refractivity contribution < 1.29 is 9.18 Å². The smallest absolute Gasteiger partial charge is 0.257 e. The number of carbonyl (C=O) groups is 1. The van der Waals surface area contributed by atoms with E-state index in [1.807, 2.05) is 25.1 Å². The maximum Gasteiger partial charge on any atom is 0.257 e. The molecule has 0 spiro atoms. The summed E-state index contributed by atoms with van der Waals surface area (Å²) in [6, 6.07) is 10.3. The van der Waals surface area contributed by atoms with E-state index in [9.17, 15) is 9.18 Å².